The maximum atomic E-state index is 13.3. The van der Waals surface area contributed by atoms with Crippen molar-refractivity contribution in [2.75, 3.05) is 20.1 Å². The zero-order valence-electron chi connectivity index (χ0n) is 15.5. The van der Waals surface area contributed by atoms with E-state index >= 15 is 0 Å². The summed E-state index contributed by atoms with van der Waals surface area (Å²) in [5.41, 5.74) is 8.39. The summed E-state index contributed by atoms with van der Waals surface area (Å²) in [4.78, 5) is 18.4. The second kappa shape index (κ2) is 10.3. The van der Waals surface area contributed by atoms with E-state index in [4.69, 9.17) is 5.73 Å². The van der Waals surface area contributed by atoms with E-state index in [9.17, 15) is 9.18 Å². The summed E-state index contributed by atoms with van der Waals surface area (Å²) in [5, 5.41) is 9.88. The van der Waals surface area contributed by atoms with Crippen LogP contribution in [-0.2, 0) is 12.8 Å². The highest BCUT2D eigenvalue weighted by molar-refractivity contribution is 7.09. The number of amides is 1. The summed E-state index contributed by atoms with van der Waals surface area (Å²) in [6.45, 7) is 1.13. The standard InChI is InChI=1S/C19H22FN5OS.ClH/c1-25(19(26)17-12-27-18(22-17)7-8-21)9-3-6-15-11-16(24-23-15)13-4-2-5-14(20)10-13;/h2,4-5,10-12H,3,6-9,21H2,1H3,(H,23,24);1H. The van der Waals surface area contributed by atoms with Crippen LogP contribution in [0, 0.1) is 5.82 Å². The Balaban J connectivity index is 0.00000280. The molecule has 150 valence electrons. The van der Waals surface area contributed by atoms with Gasteiger partial charge in [-0.1, -0.05) is 12.1 Å². The lowest BCUT2D eigenvalue weighted by Crippen LogP contribution is -2.28. The average Bonchev–Trinajstić information content (AvgIpc) is 3.31. The average molecular weight is 424 g/mol. The number of H-pyrrole nitrogens is 1. The number of thiazole rings is 1. The quantitative estimate of drug-likeness (QED) is 0.581. The number of carbonyl (C=O) groups excluding carboxylic acids is 1. The molecule has 28 heavy (non-hydrogen) atoms. The smallest absolute Gasteiger partial charge is 0.273 e. The van der Waals surface area contributed by atoms with E-state index in [1.165, 1.54) is 23.5 Å². The lowest BCUT2D eigenvalue weighted by molar-refractivity contribution is 0.0788. The summed E-state index contributed by atoms with van der Waals surface area (Å²) in [6.07, 6.45) is 2.22. The molecule has 0 aliphatic heterocycles. The maximum Gasteiger partial charge on any atom is 0.273 e. The van der Waals surface area contributed by atoms with Gasteiger partial charge < -0.3 is 10.6 Å². The maximum absolute atomic E-state index is 13.3. The summed E-state index contributed by atoms with van der Waals surface area (Å²) in [5.74, 6) is -0.367. The number of benzene rings is 1. The van der Waals surface area contributed by atoms with Gasteiger partial charge in [-0.2, -0.15) is 5.10 Å². The Morgan fingerprint density at radius 1 is 1.32 bits per heavy atom. The SMILES string of the molecule is CN(CCCc1cc(-c2cccc(F)c2)n[nH]1)C(=O)c1csc(CCN)n1.Cl. The van der Waals surface area contributed by atoms with Crippen molar-refractivity contribution in [2.24, 2.45) is 5.73 Å². The minimum absolute atomic E-state index is 0. The number of nitrogens with one attached hydrogen (secondary N) is 1. The molecule has 2 heterocycles. The molecule has 3 rings (SSSR count). The number of carbonyl (C=O) groups is 1. The minimum atomic E-state index is -0.283. The van der Waals surface area contributed by atoms with Crippen LogP contribution in [0.2, 0.25) is 0 Å². The molecule has 0 unspecified atom stereocenters. The number of aromatic amines is 1. The van der Waals surface area contributed by atoms with Crippen molar-refractivity contribution in [1.29, 1.82) is 0 Å². The summed E-state index contributed by atoms with van der Waals surface area (Å²) < 4.78 is 13.3. The van der Waals surface area contributed by atoms with Crippen molar-refractivity contribution in [2.45, 2.75) is 19.3 Å². The van der Waals surface area contributed by atoms with E-state index in [-0.39, 0.29) is 24.1 Å². The van der Waals surface area contributed by atoms with Gasteiger partial charge in [-0.05, 0) is 37.6 Å². The van der Waals surface area contributed by atoms with Gasteiger partial charge in [0, 0.05) is 36.7 Å². The molecule has 6 nitrogen and oxygen atoms in total. The van der Waals surface area contributed by atoms with Gasteiger partial charge in [0.25, 0.3) is 5.91 Å². The number of hydrogen-bond acceptors (Lipinski definition) is 5. The Morgan fingerprint density at radius 2 is 2.14 bits per heavy atom. The number of halogens is 2. The Kier molecular flexibility index (Phi) is 8.10. The lowest BCUT2D eigenvalue weighted by Gasteiger charge is -2.15. The zero-order chi connectivity index (χ0) is 19.2. The van der Waals surface area contributed by atoms with Crippen molar-refractivity contribution in [3.8, 4) is 11.3 Å². The number of aryl methyl sites for hydroxylation is 1. The van der Waals surface area contributed by atoms with E-state index in [0.29, 0.717) is 30.9 Å². The Morgan fingerprint density at radius 3 is 2.89 bits per heavy atom. The van der Waals surface area contributed by atoms with Gasteiger partial charge >= 0.3 is 0 Å². The molecule has 0 aliphatic carbocycles. The molecular weight excluding hydrogens is 401 g/mol. The number of hydrogen-bond donors (Lipinski definition) is 2. The summed E-state index contributed by atoms with van der Waals surface area (Å²) >= 11 is 1.46. The van der Waals surface area contributed by atoms with Gasteiger partial charge in [0.2, 0.25) is 0 Å². The van der Waals surface area contributed by atoms with Gasteiger partial charge in [-0.15, -0.1) is 23.7 Å². The largest absolute Gasteiger partial charge is 0.340 e. The van der Waals surface area contributed by atoms with Crippen LogP contribution in [0.25, 0.3) is 11.3 Å². The molecule has 0 saturated carbocycles. The third-order valence-corrected chi connectivity index (χ3v) is 5.08. The molecule has 0 fully saturated rings. The van der Waals surface area contributed by atoms with Crippen LogP contribution in [0.1, 0.15) is 27.6 Å². The Hall–Kier alpha value is -2.29. The normalized spacial score (nSPS) is 10.5. The number of nitrogens with two attached hydrogens (primary N) is 1. The van der Waals surface area contributed by atoms with Crippen LogP contribution >= 0.6 is 23.7 Å². The molecule has 0 atom stereocenters. The molecule has 9 heteroatoms. The molecule has 0 aliphatic rings. The Labute approximate surface area is 173 Å². The zero-order valence-corrected chi connectivity index (χ0v) is 17.2. The molecule has 2 aromatic heterocycles. The first kappa shape index (κ1) is 22.0. The van der Waals surface area contributed by atoms with E-state index in [2.05, 4.69) is 15.2 Å². The lowest BCUT2D eigenvalue weighted by atomic mass is 10.1. The van der Waals surface area contributed by atoms with Gasteiger partial charge in [0.05, 0.1) is 10.7 Å². The highest BCUT2D eigenvalue weighted by Gasteiger charge is 2.15. The topological polar surface area (TPSA) is 87.9 Å². The van der Waals surface area contributed by atoms with Crippen LogP contribution in [0.15, 0.2) is 35.7 Å². The van der Waals surface area contributed by atoms with Gasteiger partial charge in [-0.3, -0.25) is 9.89 Å². The minimum Gasteiger partial charge on any atom is -0.340 e. The van der Waals surface area contributed by atoms with Gasteiger partial charge in [0.15, 0.2) is 0 Å². The number of rotatable bonds is 8. The molecule has 1 aromatic carbocycles. The second-order valence-electron chi connectivity index (χ2n) is 6.28. The van der Waals surface area contributed by atoms with Crippen LogP contribution in [0.4, 0.5) is 4.39 Å². The first-order chi connectivity index (χ1) is 13.1. The number of nitrogens with zero attached hydrogens (tertiary/aromatic N) is 3. The van der Waals surface area contributed by atoms with Crippen LogP contribution in [0.5, 0.6) is 0 Å². The van der Waals surface area contributed by atoms with Crippen molar-refractivity contribution < 1.29 is 9.18 Å². The van der Waals surface area contributed by atoms with Crippen LogP contribution in [-0.4, -0.2) is 46.1 Å². The highest BCUT2D eigenvalue weighted by Crippen LogP contribution is 2.19. The Bertz CT molecular complexity index is 913. The van der Waals surface area contributed by atoms with Gasteiger partial charge in [0.1, 0.15) is 11.5 Å². The molecule has 0 spiro atoms. The summed E-state index contributed by atoms with van der Waals surface area (Å²) in [7, 11) is 1.77. The fraction of sp³-hybridized carbons (Fsp3) is 0.316. The molecule has 0 saturated heterocycles. The highest BCUT2D eigenvalue weighted by atomic mass is 35.5. The molecule has 3 aromatic rings. The van der Waals surface area contributed by atoms with Crippen molar-refractivity contribution in [3.63, 3.8) is 0 Å². The third-order valence-electron chi connectivity index (χ3n) is 4.17. The van der Waals surface area contributed by atoms with Gasteiger partial charge in [-0.25, -0.2) is 9.37 Å². The van der Waals surface area contributed by atoms with Crippen LogP contribution < -0.4 is 5.73 Å². The van der Waals surface area contributed by atoms with Crippen molar-refractivity contribution in [3.05, 3.63) is 57.9 Å². The fourth-order valence-corrected chi connectivity index (χ4v) is 3.52. The van der Waals surface area contributed by atoms with E-state index in [1.54, 1.807) is 23.4 Å². The first-order valence-electron chi connectivity index (χ1n) is 8.77. The monoisotopic (exact) mass is 423 g/mol. The second-order valence-corrected chi connectivity index (χ2v) is 7.23. The predicted octanol–water partition coefficient (Wildman–Crippen LogP) is 3.30. The third kappa shape index (κ3) is 5.60. The predicted molar refractivity (Wildman–Crippen MR) is 111 cm³/mol. The van der Waals surface area contributed by atoms with Crippen molar-refractivity contribution in [1.82, 2.24) is 20.1 Å². The van der Waals surface area contributed by atoms with Crippen molar-refractivity contribution >= 4 is 29.7 Å². The molecule has 0 bridgehead atoms. The molecular formula is C19H23ClFN5OS. The van der Waals surface area contributed by atoms with Crippen LogP contribution in [0.3, 0.4) is 0 Å². The van der Waals surface area contributed by atoms with E-state index < -0.39 is 0 Å². The molecule has 0 radical (unpaired) electrons. The van der Waals surface area contributed by atoms with E-state index in [0.717, 1.165) is 29.1 Å². The number of aromatic nitrogens is 3. The summed E-state index contributed by atoms with van der Waals surface area (Å²) in [6, 6.07) is 8.26. The molecule has 3 N–H and O–H groups in total. The molecule has 1 amide bonds. The van der Waals surface area contributed by atoms with E-state index in [1.807, 2.05) is 12.1 Å². The fourth-order valence-electron chi connectivity index (χ4n) is 2.74. The first-order valence-corrected chi connectivity index (χ1v) is 9.65.